The van der Waals surface area contributed by atoms with E-state index in [4.69, 9.17) is 15.2 Å². The van der Waals surface area contributed by atoms with Gasteiger partial charge in [0.15, 0.2) is 6.10 Å². The Hall–Kier alpha value is -2.28. The Labute approximate surface area is 117 Å². The number of carbonyl (C=O) groups excluding carboxylic acids is 2. The van der Waals surface area contributed by atoms with Gasteiger partial charge in [0.25, 0.3) is 5.91 Å². The van der Waals surface area contributed by atoms with Gasteiger partial charge in [-0.05, 0) is 20.0 Å². The molecule has 1 rings (SSSR count). The second-order valence-electron chi connectivity index (χ2n) is 4.12. The highest BCUT2D eigenvalue weighted by Crippen LogP contribution is 2.25. The van der Waals surface area contributed by atoms with Crippen LogP contribution >= 0.6 is 0 Å². The van der Waals surface area contributed by atoms with Crippen LogP contribution in [0.5, 0.6) is 11.5 Å². The lowest BCUT2D eigenvalue weighted by molar-refractivity contribution is -0.126. The highest BCUT2D eigenvalue weighted by atomic mass is 16.5. The van der Waals surface area contributed by atoms with Crippen LogP contribution in [0, 0.1) is 0 Å². The number of benzene rings is 1. The number of primary amides is 1. The van der Waals surface area contributed by atoms with Gasteiger partial charge in [0.05, 0.1) is 7.11 Å². The van der Waals surface area contributed by atoms with Crippen LogP contribution in [0.15, 0.2) is 18.2 Å². The summed E-state index contributed by atoms with van der Waals surface area (Å²) in [5.74, 6) is 0.518. The monoisotopic (exact) mass is 281 g/mol. The van der Waals surface area contributed by atoms with Gasteiger partial charge in [-0.15, -0.1) is 0 Å². The molecular formula is C13H19N3O4. The van der Waals surface area contributed by atoms with Crippen molar-refractivity contribution < 1.29 is 19.1 Å². The first-order chi connectivity index (χ1) is 9.47. The highest BCUT2D eigenvalue weighted by Gasteiger charge is 2.18. The minimum Gasteiger partial charge on any atom is -0.497 e. The van der Waals surface area contributed by atoms with E-state index >= 15 is 0 Å². The quantitative estimate of drug-likeness (QED) is 0.699. The van der Waals surface area contributed by atoms with E-state index in [9.17, 15) is 9.59 Å². The van der Waals surface area contributed by atoms with Gasteiger partial charge in [-0.1, -0.05) is 6.07 Å². The molecule has 7 nitrogen and oxygen atoms in total. The topological polar surface area (TPSA) is 103 Å². The van der Waals surface area contributed by atoms with Crippen molar-refractivity contribution >= 4 is 11.9 Å². The van der Waals surface area contributed by atoms with Crippen LogP contribution in [0.4, 0.5) is 4.79 Å². The van der Waals surface area contributed by atoms with Crippen molar-refractivity contribution in [3.8, 4) is 11.5 Å². The molecule has 7 heteroatoms. The van der Waals surface area contributed by atoms with Gasteiger partial charge in [-0.3, -0.25) is 10.1 Å². The predicted molar refractivity (Wildman–Crippen MR) is 73.6 cm³/mol. The van der Waals surface area contributed by atoms with Gasteiger partial charge in [-0.25, -0.2) is 4.79 Å². The number of amides is 3. The summed E-state index contributed by atoms with van der Waals surface area (Å²) in [7, 11) is 3.34. The molecule has 0 spiro atoms. The molecule has 1 unspecified atom stereocenters. The molecule has 0 aliphatic heterocycles. The zero-order valence-corrected chi connectivity index (χ0v) is 11.7. The number of nitrogens with one attached hydrogen (secondary N) is 2. The largest absolute Gasteiger partial charge is 0.497 e. The van der Waals surface area contributed by atoms with Crippen molar-refractivity contribution in [1.82, 2.24) is 10.6 Å². The average Bonchev–Trinajstić information content (AvgIpc) is 2.40. The lowest BCUT2D eigenvalue weighted by Gasteiger charge is -2.17. The van der Waals surface area contributed by atoms with Crippen LogP contribution in [0.1, 0.15) is 12.5 Å². The number of hydrogen-bond acceptors (Lipinski definition) is 5. The summed E-state index contributed by atoms with van der Waals surface area (Å²) in [6.07, 6.45) is -0.856. The molecule has 110 valence electrons. The maximum absolute atomic E-state index is 11.6. The fraction of sp³-hybridized carbons (Fsp3) is 0.385. The van der Waals surface area contributed by atoms with E-state index in [1.54, 1.807) is 26.3 Å². The minimum atomic E-state index is -0.911. The number of hydrogen-bond donors (Lipinski definition) is 3. The molecule has 4 N–H and O–H groups in total. The molecule has 0 bridgehead atoms. The SMILES string of the molecule is CNCc1ccc(OC)cc1OC(C)C(=O)NC(N)=O. The Bertz CT molecular complexity index is 491. The summed E-state index contributed by atoms with van der Waals surface area (Å²) in [6.45, 7) is 2.10. The molecule has 0 saturated carbocycles. The van der Waals surface area contributed by atoms with E-state index in [0.29, 0.717) is 18.0 Å². The van der Waals surface area contributed by atoms with Gasteiger partial charge in [-0.2, -0.15) is 0 Å². The van der Waals surface area contributed by atoms with Gasteiger partial charge in [0.1, 0.15) is 11.5 Å². The molecule has 1 aromatic carbocycles. The van der Waals surface area contributed by atoms with Crippen molar-refractivity contribution in [3.63, 3.8) is 0 Å². The highest BCUT2D eigenvalue weighted by molar-refractivity contribution is 5.95. The molecule has 0 fully saturated rings. The number of nitrogens with two attached hydrogens (primary N) is 1. The van der Waals surface area contributed by atoms with E-state index < -0.39 is 18.0 Å². The first kappa shape index (κ1) is 15.8. The Morgan fingerprint density at radius 2 is 2.10 bits per heavy atom. The van der Waals surface area contributed by atoms with Crippen molar-refractivity contribution in [1.29, 1.82) is 0 Å². The molecule has 0 radical (unpaired) electrons. The third-order valence-electron chi connectivity index (χ3n) is 2.56. The molecule has 1 atom stereocenters. The van der Waals surface area contributed by atoms with Crippen molar-refractivity contribution in [3.05, 3.63) is 23.8 Å². The fourth-order valence-electron chi connectivity index (χ4n) is 1.58. The minimum absolute atomic E-state index is 0.505. The van der Waals surface area contributed by atoms with Gasteiger partial charge >= 0.3 is 6.03 Å². The maximum atomic E-state index is 11.6. The third kappa shape index (κ3) is 4.43. The Balaban J connectivity index is 2.88. The summed E-state index contributed by atoms with van der Waals surface area (Å²) in [5, 5.41) is 4.97. The molecule has 1 aromatic rings. The lowest BCUT2D eigenvalue weighted by atomic mass is 10.2. The van der Waals surface area contributed by atoms with Gasteiger partial charge in [0.2, 0.25) is 0 Å². The molecule has 0 aliphatic carbocycles. The third-order valence-corrected chi connectivity index (χ3v) is 2.56. The van der Waals surface area contributed by atoms with Crippen LogP contribution in [0.25, 0.3) is 0 Å². The lowest BCUT2D eigenvalue weighted by Crippen LogP contribution is -2.42. The van der Waals surface area contributed by atoms with Crippen LogP contribution in [-0.2, 0) is 11.3 Å². The zero-order valence-electron chi connectivity index (χ0n) is 11.7. The maximum Gasteiger partial charge on any atom is 0.318 e. The van der Waals surface area contributed by atoms with E-state index in [1.165, 1.54) is 6.92 Å². The molecule has 0 heterocycles. The number of urea groups is 1. The van der Waals surface area contributed by atoms with Crippen molar-refractivity contribution in [2.24, 2.45) is 5.73 Å². The number of rotatable bonds is 6. The fourth-order valence-corrected chi connectivity index (χ4v) is 1.58. The molecular weight excluding hydrogens is 262 g/mol. The van der Waals surface area contributed by atoms with Crippen LogP contribution < -0.4 is 25.8 Å². The van der Waals surface area contributed by atoms with Crippen LogP contribution in [0.3, 0.4) is 0 Å². The van der Waals surface area contributed by atoms with Crippen molar-refractivity contribution in [2.75, 3.05) is 14.2 Å². The molecule has 3 amide bonds. The number of carbonyl (C=O) groups is 2. The number of ether oxygens (including phenoxy) is 2. The van der Waals surface area contributed by atoms with E-state index in [0.717, 1.165) is 5.56 Å². The predicted octanol–water partition coefficient (Wildman–Crippen LogP) is 0.377. The second-order valence-corrected chi connectivity index (χ2v) is 4.12. The smallest absolute Gasteiger partial charge is 0.318 e. The van der Waals surface area contributed by atoms with E-state index in [2.05, 4.69) is 5.32 Å². The van der Waals surface area contributed by atoms with Crippen molar-refractivity contribution in [2.45, 2.75) is 19.6 Å². The zero-order chi connectivity index (χ0) is 15.1. The van der Waals surface area contributed by atoms with Gasteiger partial charge < -0.3 is 20.5 Å². The Morgan fingerprint density at radius 3 is 2.65 bits per heavy atom. The normalized spacial score (nSPS) is 11.6. The Morgan fingerprint density at radius 1 is 1.40 bits per heavy atom. The van der Waals surface area contributed by atoms with Gasteiger partial charge in [0, 0.05) is 18.2 Å². The second kappa shape index (κ2) is 7.34. The molecule has 0 saturated heterocycles. The summed E-state index contributed by atoms with van der Waals surface area (Å²) < 4.78 is 10.7. The van der Waals surface area contributed by atoms with Crippen LogP contribution in [0.2, 0.25) is 0 Å². The van der Waals surface area contributed by atoms with E-state index in [-0.39, 0.29) is 0 Å². The summed E-state index contributed by atoms with van der Waals surface area (Å²) in [4.78, 5) is 22.2. The first-order valence-electron chi connectivity index (χ1n) is 6.06. The van der Waals surface area contributed by atoms with E-state index in [1.807, 2.05) is 11.4 Å². The number of methoxy groups -OCH3 is 1. The average molecular weight is 281 g/mol. The Kier molecular flexibility index (Phi) is 5.79. The summed E-state index contributed by atoms with van der Waals surface area (Å²) in [6, 6.07) is 4.41. The molecule has 0 aromatic heterocycles. The standard InChI is InChI=1S/C13H19N3O4/c1-8(12(17)16-13(14)18)20-11-6-10(19-3)5-4-9(11)7-15-2/h4-6,8,15H,7H2,1-3H3,(H3,14,16,17,18). The summed E-state index contributed by atoms with van der Waals surface area (Å²) in [5.41, 5.74) is 5.76. The first-order valence-corrected chi connectivity index (χ1v) is 6.06. The van der Waals surface area contributed by atoms with Crippen LogP contribution in [-0.4, -0.2) is 32.2 Å². The number of imide groups is 1. The molecule has 0 aliphatic rings. The summed E-state index contributed by atoms with van der Waals surface area (Å²) >= 11 is 0. The molecule has 20 heavy (non-hydrogen) atoms.